The van der Waals surface area contributed by atoms with Crippen molar-refractivity contribution in [1.82, 2.24) is 5.32 Å². The molecule has 0 atom stereocenters. The van der Waals surface area contributed by atoms with Gasteiger partial charge in [0.15, 0.2) is 0 Å². The minimum absolute atomic E-state index is 0.115. The van der Waals surface area contributed by atoms with Gasteiger partial charge in [-0.15, -0.1) is 0 Å². The Labute approximate surface area is 117 Å². The molecule has 0 bridgehead atoms. The van der Waals surface area contributed by atoms with Gasteiger partial charge in [0.1, 0.15) is 18.2 Å². The monoisotopic (exact) mass is 279 g/mol. The molecule has 0 aliphatic carbocycles. The average Bonchev–Trinajstić information content (AvgIpc) is 2.42. The SMILES string of the molecule is CNCc1ccccc1OCc1ccc(F)c(Cl)c1. The van der Waals surface area contributed by atoms with E-state index in [1.807, 2.05) is 31.3 Å². The van der Waals surface area contributed by atoms with E-state index >= 15 is 0 Å². The van der Waals surface area contributed by atoms with Crippen LogP contribution in [0.2, 0.25) is 5.02 Å². The molecule has 0 amide bonds. The van der Waals surface area contributed by atoms with Gasteiger partial charge >= 0.3 is 0 Å². The number of hydrogen-bond acceptors (Lipinski definition) is 2. The number of rotatable bonds is 5. The topological polar surface area (TPSA) is 21.3 Å². The quantitative estimate of drug-likeness (QED) is 0.899. The van der Waals surface area contributed by atoms with Crippen molar-refractivity contribution < 1.29 is 9.13 Å². The number of benzene rings is 2. The number of ether oxygens (including phenoxy) is 1. The van der Waals surface area contributed by atoms with E-state index in [0.29, 0.717) is 6.61 Å². The van der Waals surface area contributed by atoms with Crippen LogP contribution in [-0.2, 0) is 13.2 Å². The Morgan fingerprint density at radius 2 is 2.00 bits per heavy atom. The zero-order chi connectivity index (χ0) is 13.7. The summed E-state index contributed by atoms with van der Waals surface area (Å²) in [7, 11) is 1.89. The summed E-state index contributed by atoms with van der Waals surface area (Å²) in [4.78, 5) is 0. The van der Waals surface area contributed by atoms with Crippen LogP contribution in [0.15, 0.2) is 42.5 Å². The molecule has 4 heteroatoms. The molecular weight excluding hydrogens is 265 g/mol. The van der Waals surface area contributed by atoms with Crippen LogP contribution in [0.4, 0.5) is 4.39 Å². The molecule has 0 unspecified atom stereocenters. The molecule has 2 aromatic rings. The van der Waals surface area contributed by atoms with Crippen LogP contribution in [-0.4, -0.2) is 7.05 Å². The Balaban J connectivity index is 2.07. The summed E-state index contributed by atoms with van der Waals surface area (Å²) in [5.41, 5.74) is 1.92. The third kappa shape index (κ3) is 3.69. The zero-order valence-electron chi connectivity index (χ0n) is 10.6. The Hall–Kier alpha value is -1.58. The number of para-hydroxylation sites is 1. The number of nitrogens with one attached hydrogen (secondary N) is 1. The molecule has 0 saturated carbocycles. The Morgan fingerprint density at radius 1 is 1.21 bits per heavy atom. The van der Waals surface area contributed by atoms with Gasteiger partial charge in [0.25, 0.3) is 0 Å². The lowest BCUT2D eigenvalue weighted by Gasteiger charge is -2.11. The highest BCUT2D eigenvalue weighted by Gasteiger charge is 2.04. The van der Waals surface area contributed by atoms with E-state index in [1.54, 1.807) is 12.1 Å². The first kappa shape index (κ1) is 13.8. The molecule has 0 spiro atoms. The summed E-state index contributed by atoms with van der Waals surface area (Å²) in [5, 5.41) is 3.20. The van der Waals surface area contributed by atoms with Crippen LogP contribution in [0.5, 0.6) is 5.75 Å². The Bertz CT molecular complexity index is 560. The molecule has 2 rings (SSSR count). The van der Waals surface area contributed by atoms with Crippen LogP contribution in [0.3, 0.4) is 0 Å². The molecule has 2 nitrogen and oxygen atoms in total. The summed E-state index contributed by atoms with van der Waals surface area (Å²) < 4.78 is 18.8. The predicted octanol–water partition coefficient (Wildman–Crippen LogP) is 3.78. The molecule has 0 fully saturated rings. The maximum Gasteiger partial charge on any atom is 0.141 e. The highest BCUT2D eigenvalue weighted by molar-refractivity contribution is 6.30. The van der Waals surface area contributed by atoms with Gasteiger partial charge in [-0.1, -0.05) is 35.9 Å². The van der Waals surface area contributed by atoms with Crippen LogP contribution in [0, 0.1) is 5.82 Å². The van der Waals surface area contributed by atoms with Gasteiger partial charge in [-0.2, -0.15) is 0 Å². The maximum atomic E-state index is 13.0. The van der Waals surface area contributed by atoms with Crippen molar-refractivity contribution in [2.75, 3.05) is 7.05 Å². The fourth-order valence-corrected chi connectivity index (χ4v) is 1.97. The third-order valence-electron chi connectivity index (χ3n) is 2.72. The van der Waals surface area contributed by atoms with E-state index in [2.05, 4.69) is 5.32 Å². The van der Waals surface area contributed by atoms with Gasteiger partial charge in [-0.25, -0.2) is 4.39 Å². The van der Waals surface area contributed by atoms with Gasteiger partial charge in [0.2, 0.25) is 0 Å². The first-order valence-corrected chi connectivity index (χ1v) is 6.37. The van der Waals surface area contributed by atoms with Crippen molar-refractivity contribution in [3.8, 4) is 5.75 Å². The summed E-state index contributed by atoms with van der Waals surface area (Å²) >= 11 is 5.74. The average molecular weight is 280 g/mol. The van der Waals surface area contributed by atoms with Gasteiger partial charge in [-0.05, 0) is 30.8 Å². The molecule has 0 aliphatic heterocycles. The van der Waals surface area contributed by atoms with Gasteiger partial charge in [0, 0.05) is 12.1 Å². The molecule has 1 N–H and O–H groups in total. The van der Waals surface area contributed by atoms with Crippen molar-refractivity contribution >= 4 is 11.6 Å². The normalized spacial score (nSPS) is 10.5. The molecule has 0 radical (unpaired) electrons. The second-order valence-electron chi connectivity index (χ2n) is 4.18. The Morgan fingerprint density at radius 3 is 2.74 bits per heavy atom. The van der Waals surface area contributed by atoms with Crippen molar-refractivity contribution in [2.24, 2.45) is 0 Å². The number of hydrogen-bond donors (Lipinski definition) is 1. The first-order chi connectivity index (χ1) is 9.20. The highest BCUT2D eigenvalue weighted by atomic mass is 35.5. The molecule has 0 saturated heterocycles. The molecule has 19 heavy (non-hydrogen) atoms. The van der Waals surface area contributed by atoms with E-state index in [1.165, 1.54) is 6.07 Å². The molecule has 0 aliphatic rings. The van der Waals surface area contributed by atoms with Crippen molar-refractivity contribution in [3.63, 3.8) is 0 Å². The lowest BCUT2D eigenvalue weighted by Crippen LogP contribution is -2.07. The van der Waals surface area contributed by atoms with E-state index in [0.717, 1.165) is 23.4 Å². The minimum atomic E-state index is -0.416. The summed E-state index contributed by atoms with van der Waals surface area (Å²) in [5.74, 6) is 0.401. The van der Waals surface area contributed by atoms with E-state index < -0.39 is 5.82 Å². The molecule has 0 heterocycles. The lowest BCUT2D eigenvalue weighted by atomic mass is 10.2. The lowest BCUT2D eigenvalue weighted by molar-refractivity contribution is 0.302. The third-order valence-corrected chi connectivity index (χ3v) is 3.01. The second-order valence-corrected chi connectivity index (χ2v) is 4.58. The van der Waals surface area contributed by atoms with Crippen molar-refractivity contribution in [3.05, 3.63) is 64.4 Å². The van der Waals surface area contributed by atoms with Crippen LogP contribution < -0.4 is 10.1 Å². The van der Waals surface area contributed by atoms with Crippen molar-refractivity contribution in [2.45, 2.75) is 13.2 Å². The van der Waals surface area contributed by atoms with E-state index in [-0.39, 0.29) is 5.02 Å². The van der Waals surface area contributed by atoms with Gasteiger partial charge < -0.3 is 10.1 Å². The van der Waals surface area contributed by atoms with Gasteiger partial charge in [-0.3, -0.25) is 0 Å². The largest absolute Gasteiger partial charge is 0.489 e. The van der Waals surface area contributed by atoms with Crippen LogP contribution >= 0.6 is 11.6 Å². The fourth-order valence-electron chi connectivity index (χ4n) is 1.77. The standard InChI is InChI=1S/C15H15ClFNO/c1-18-9-12-4-2-3-5-15(12)19-10-11-6-7-14(17)13(16)8-11/h2-8,18H,9-10H2,1H3. The highest BCUT2D eigenvalue weighted by Crippen LogP contribution is 2.21. The summed E-state index contributed by atoms with van der Waals surface area (Å²) in [6.07, 6.45) is 0. The second kappa shape index (κ2) is 6.55. The predicted molar refractivity (Wildman–Crippen MR) is 74.9 cm³/mol. The molecule has 2 aromatic carbocycles. The van der Waals surface area contributed by atoms with Crippen LogP contribution in [0.25, 0.3) is 0 Å². The van der Waals surface area contributed by atoms with Crippen LogP contribution in [0.1, 0.15) is 11.1 Å². The smallest absolute Gasteiger partial charge is 0.141 e. The Kier molecular flexibility index (Phi) is 4.77. The molecule has 0 aromatic heterocycles. The minimum Gasteiger partial charge on any atom is -0.489 e. The van der Waals surface area contributed by atoms with E-state index in [4.69, 9.17) is 16.3 Å². The summed E-state index contributed by atoms with van der Waals surface area (Å²) in [6.45, 7) is 1.10. The number of halogens is 2. The maximum absolute atomic E-state index is 13.0. The van der Waals surface area contributed by atoms with Crippen molar-refractivity contribution in [1.29, 1.82) is 0 Å². The zero-order valence-corrected chi connectivity index (χ0v) is 11.4. The fraction of sp³-hybridized carbons (Fsp3) is 0.200. The molecular formula is C15H15ClFNO. The first-order valence-electron chi connectivity index (χ1n) is 6.00. The van der Waals surface area contributed by atoms with Gasteiger partial charge in [0.05, 0.1) is 5.02 Å². The molecule has 100 valence electrons. The van der Waals surface area contributed by atoms with E-state index in [9.17, 15) is 4.39 Å². The summed E-state index contributed by atoms with van der Waals surface area (Å²) in [6, 6.07) is 12.4.